The molecule has 3 rings (SSSR count). The molecule has 0 unspecified atom stereocenters. The Morgan fingerprint density at radius 3 is 2.75 bits per heavy atom. The van der Waals surface area contributed by atoms with Gasteiger partial charge >= 0.3 is 5.97 Å². The summed E-state index contributed by atoms with van der Waals surface area (Å²) in [4.78, 5) is 17.5. The van der Waals surface area contributed by atoms with Crippen LogP contribution in [-0.2, 0) is 13.0 Å². The molecule has 0 saturated carbocycles. The van der Waals surface area contributed by atoms with Crippen molar-refractivity contribution in [3.05, 3.63) is 58.8 Å². The summed E-state index contributed by atoms with van der Waals surface area (Å²) in [5, 5.41) is 8.99. The van der Waals surface area contributed by atoms with E-state index in [1.54, 1.807) is 6.07 Å². The molecule has 20 heavy (non-hydrogen) atoms. The fourth-order valence-electron chi connectivity index (χ4n) is 2.69. The summed E-state index contributed by atoms with van der Waals surface area (Å²) in [6.07, 6.45) is 2.43. The molecule has 0 atom stereocenters. The van der Waals surface area contributed by atoms with E-state index >= 15 is 0 Å². The van der Waals surface area contributed by atoms with Gasteiger partial charge in [-0.2, -0.15) is 0 Å². The van der Waals surface area contributed by atoms with Crippen molar-refractivity contribution in [2.45, 2.75) is 19.9 Å². The molecule has 0 fully saturated rings. The van der Waals surface area contributed by atoms with E-state index in [4.69, 9.17) is 5.11 Å². The average Bonchev–Trinajstić information content (AvgIpc) is 2.46. The zero-order valence-electron chi connectivity index (χ0n) is 11.3. The first-order chi connectivity index (χ1) is 9.65. The lowest BCUT2D eigenvalue weighted by molar-refractivity contribution is 0.0696. The summed E-state index contributed by atoms with van der Waals surface area (Å²) in [5.41, 5.74) is 3.86. The summed E-state index contributed by atoms with van der Waals surface area (Å²) >= 11 is 0. The molecule has 0 aliphatic carbocycles. The van der Waals surface area contributed by atoms with Gasteiger partial charge in [-0.05, 0) is 36.1 Å². The maximum atomic E-state index is 11.0. The van der Waals surface area contributed by atoms with Crippen molar-refractivity contribution in [1.29, 1.82) is 0 Å². The zero-order valence-corrected chi connectivity index (χ0v) is 11.3. The van der Waals surface area contributed by atoms with Crippen LogP contribution in [0.1, 0.15) is 27.0 Å². The van der Waals surface area contributed by atoms with Crippen molar-refractivity contribution >= 4 is 11.8 Å². The van der Waals surface area contributed by atoms with Gasteiger partial charge in [-0.25, -0.2) is 9.78 Å². The van der Waals surface area contributed by atoms with E-state index in [1.165, 1.54) is 17.3 Å². The molecule has 0 bridgehead atoms. The van der Waals surface area contributed by atoms with E-state index in [9.17, 15) is 4.79 Å². The monoisotopic (exact) mass is 268 g/mol. The van der Waals surface area contributed by atoms with Gasteiger partial charge in [0.2, 0.25) is 0 Å². The Bertz CT molecular complexity index is 667. The number of carbonyl (C=O) groups is 1. The smallest absolute Gasteiger partial charge is 0.337 e. The molecule has 2 heterocycles. The van der Waals surface area contributed by atoms with E-state index in [1.807, 2.05) is 6.92 Å². The molecular formula is C16H16N2O2. The first-order valence-electron chi connectivity index (χ1n) is 6.67. The molecule has 0 saturated heterocycles. The lowest BCUT2D eigenvalue weighted by Crippen LogP contribution is -2.31. The number of hydrogen-bond acceptors (Lipinski definition) is 3. The predicted octanol–water partition coefficient (Wildman–Crippen LogP) is 2.65. The van der Waals surface area contributed by atoms with Crippen LogP contribution in [0, 0.1) is 6.92 Å². The SMILES string of the molecule is Cc1cc(C(=O)O)cnc1N1CCc2ccccc2C1. The number of anilines is 1. The second-order valence-corrected chi connectivity index (χ2v) is 5.11. The summed E-state index contributed by atoms with van der Waals surface area (Å²) in [6.45, 7) is 3.66. The van der Waals surface area contributed by atoms with Crippen molar-refractivity contribution in [3.8, 4) is 0 Å². The maximum absolute atomic E-state index is 11.0. The Kier molecular flexibility index (Phi) is 3.14. The van der Waals surface area contributed by atoms with Crippen LogP contribution >= 0.6 is 0 Å². The van der Waals surface area contributed by atoms with Crippen LogP contribution < -0.4 is 4.90 Å². The fraction of sp³-hybridized carbons (Fsp3) is 0.250. The molecule has 1 aliphatic rings. The minimum atomic E-state index is -0.934. The predicted molar refractivity (Wildman–Crippen MR) is 77.1 cm³/mol. The van der Waals surface area contributed by atoms with Gasteiger partial charge in [0, 0.05) is 19.3 Å². The highest BCUT2D eigenvalue weighted by molar-refractivity contribution is 5.87. The number of aromatic nitrogens is 1. The van der Waals surface area contributed by atoms with Gasteiger partial charge in [0.1, 0.15) is 5.82 Å². The minimum Gasteiger partial charge on any atom is -0.478 e. The molecule has 102 valence electrons. The second-order valence-electron chi connectivity index (χ2n) is 5.11. The third kappa shape index (κ3) is 2.25. The number of aromatic carboxylic acids is 1. The van der Waals surface area contributed by atoms with Crippen LogP contribution in [-0.4, -0.2) is 22.6 Å². The Morgan fingerprint density at radius 2 is 2.05 bits per heavy atom. The zero-order chi connectivity index (χ0) is 14.1. The van der Waals surface area contributed by atoms with Gasteiger partial charge in [-0.3, -0.25) is 0 Å². The van der Waals surface area contributed by atoms with E-state index in [0.717, 1.165) is 30.9 Å². The first-order valence-corrected chi connectivity index (χ1v) is 6.67. The average molecular weight is 268 g/mol. The van der Waals surface area contributed by atoms with E-state index in [-0.39, 0.29) is 5.56 Å². The van der Waals surface area contributed by atoms with E-state index in [0.29, 0.717) is 0 Å². The van der Waals surface area contributed by atoms with Crippen LogP contribution in [0.4, 0.5) is 5.82 Å². The number of fused-ring (bicyclic) bond motifs is 1. The van der Waals surface area contributed by atoms with Crippen molar-refractivity contribution in [2.24, 2.45) is 0 Å². The quantitative estimate of drug-likeness (QED) is 0.909. The molecule has 0 spiro atoms. The van der Waals surface area contributed by atoms with Crippen LogP contribution in [0.3, 0.4) is 0 Å². The highest BCUT2D eigenvalue weighted by atomic mass is 16.4. The standard InChI is InChI=1S/C16H16N2O2/c1-11-8-14(16(19)20)9-17-15(11)18-7-6-12-4-2-3-5-13(12)10-18/h2-5,8-9H,6-7,10H2,1H3,(H,19,20). The molecular weight excluding hydrogens is 252 g/mol. The molecule has 1 aromatic carbocycles. The Labute approximate surface area is 117 Å². The summed E-state index contributed by atoms with van der Waals surface area (Å²) in [5.74, 6) is -0.0550. The normalized spacial score (nSPS) is 13.9. The second kappa shape index (κ2) is 4.96. The lowest BCUT2D eigenvalue weighted by atomic mass is 9.99. The third-order valence-corrected chi connectivity index (χ3v) is 3.73. The van der Waals surface area contributed by atoms with Crippen LogP contribution in [0.25, 0.3) is 0 Å². The van der Waals surface area contributed by atoms with Gasteiger partial charge in [0.05, 0.1) is 5.56 Å². The first kappa shape index (κ1) is 12.7. The Balaban J connectivity index is 1.90. The number of carboxylic acid groups (broad SMARTS) is 1. The van der Waals surface area contributed by atoms with Gasteiger partial charge in [0.15, 0.2) is 0 Å². The molecule has 1 aliphatic heterocycles. The number of benzene rings is 1. The maximum Gasteiger partial charge on any atom is 0.337 e. The third-order valence-electron chi connectivity index (χ3n) is 3.73. The van der Waals surface area contributed by atoms with E-state index < -0.39 is 5.97 Å². The van der Waals surface area contributed by atoms with Gasteiger partial charge in [-0.15, -0.1) is 0 Å². The molecule has 4 nitrogen and oxygen atoms in total. The molecule has 4 heteroatoms. The number of hydrogen-bond donors (Lipinski definition) is 1. The molecule has 1 N–H and O–H groups in total. The van der Waals surface area contributed by atoms with Crippen LogP contribution in [0.5, 0.6) is 0 Å². The number of rotatable bonds is 2. The van der Waals surface area contributed by atoms with Crippen molar-refractivity contribution in [3.63, 3.8) is 0 Å². The fourth-order valence-corrected chi connectivity index (χ4v) is 2.69. The molecule has 0 amide bonds. The van der Waals surface area contributed by atoms with Crippen LogP contribution in [0.15, 0.2) is 36.5 Å². The highest BCUT2D eigenvalue weighted by Gasteiger charge is 2.19. The summed E-state index contributed by atoms with van der Waals surface area (Å²) < 4.78 is 0. The number of nitrogens with zero attached hydrogens (tertiary/aromatic N) is 2. The Morgan fingerprint density at radius 1 is 1.30 bits per heavy atom. The van der Waals surface area contributed by atoms with Crippen molar-refractivity contribution < 1.29 is 9.90 Å². The van der Waals surface area contributed by atoms with Gasteiger partial charge < -0.3 is 10.0 Å². The largest absolute Gasteiger partial charge is 0.478 e. The van der Waals surface area contributed by atoms with Crippen molar-refractivity contribution in [1.82, 2.24) is 4.98 Å². The minimum absolute atomic E-state index is 0.239. The topological polar surface area (TPSA) is 53.4 Å². The molecule has 0 radical (unpaired) electrons. The number of pyridine rings is 1. The summed E-state index contributed by atoms with van der Waals surface area (Å²) in [6, 6.07) is 10.1. The molecule has 2 aromatic rings. The van der Waals surface area contributed by atoms with Gasteiger partial charge in [-0.1, -0.05) is 24.3 Å². The van der Waals surface area contributed by atoms with Crippen LogP contribution in [0.2, 0.25) is 0 Å². The van der Waals surface area contributed by atoms with E-state index in [2.05, 4.69) is 34.1 Å². The summed E-state index contributed by atoms with van der Waals surface area (Å²) in [7, 11) is 0. The van der Waals surface area contributed by atoms with Gasteiger partial charge in [0.25, 0.3) is 0 Å². The number of aryl methyl sites for hydroxylation is 1. The Hall–Kier alpha value is -2.36. The van der Waals surface area contributed by atoms with Crippen molar-refractivity contribution in [2.75, 3.05) is 11.4 Å². The molecule has 1 aromatic heterocycles. The highest BCUT2D eigenvalue weighted by Crippen LogP contribution is 2.25. The lowest BCUT2D eigenvalue weighted by Gasteiger charge is -2.30. The number of carboxylic acids is 1.